The summed E-state index contributed by atoms with van der Waals surface area (Å²) in [6.07, 6.45) is 9.38. The minimum absolute atomic E-state index is 0.770. The van der Waals surface area contributed by atoms with Crippen LogP contribution < -0.4 is 0 Å². The lowest BCUT2D eigenvalue weighted by molar-refractivity contribution is 0.424. The van der Waals surface area contributed by atoms with Crippen molar-refractivity contribution in [3.8, 4) is 0 Å². The molecule has 1 rings (SSSR count). The molecule has 3 nitrogen and oxygen atoms in total. The predicted octanol–water partition coefficient (Wildman–Crippen LogP) is 1.53. The van der Waals surface area contributed by atoms with Gasteiger partial charge in [-0.05, 0) is 6.08 Å². The fourth-order valence-electron chi connectivity index (χ4n) is 0.681. The molecule has 0 aliphatic carbocycles. The molecular weight excluding hydrogens is 140 g/mol. The molecule has 0 radical (unpaired) electrons. The molecule has 0 N–H and O–H groups in total. The van der Waals surface area contributed by atoms with Gasteiger partial charge in [0.05, 0.1) is 0 Å². The van der Waals surface area contributed by atoms with E-state index in [1.165, 1.54) is 6.40 Å². The fourth-order valence-corrected chi connectivity index (χ4v) is 0.681. The fraction of sp³-hybridized carbons (Fsp3) is 0.250. The van der Waals surface area contributed by atoms with E-state index in [9.17, 15) is 0 Å². The van der Waals surface area contributed by atoms with E-state index in [1.54, 1.807) is 19.5 Å². The Hall–Kier alpha value is -1.38. The largest absolute Gasteiger partial charge is 0.450 e. The van der Waals surface area contributed by atoms with E-state index in [-0.39, 0.29) is 0 Å². The SMILES string of the molecule is C/N=C\OC1=CC=NC=CC1. The van der Waals surface area contributed by atoms with E-state index in [1.807, 2.05) is 12.2 Å². The van der Waals surface area contributed by atoms with E-state index in [0.29, 0.717) is 0 Å². The van der Waals surface area contributed by atoms with E-state index in [0.717, 1.165) is 12.2 Å². The summed E-state index contributed by atoms with van der Waals surface area (Å²) in [5, 5.41) is 0. The van der Waals surface area contributed by atoms with Gasteiger partial charge in [0, 0.05) is 25.9 Å². The maximum atomic E-state index is 5.14. The summed E-state index contributed by atoms with van der Waals surface area (Å²) < 4.78 is 5.14. The van der Waals surface area contributed by atoms with E-state index in [2.05, 4.69) is 9.98 Å². The van der Waals surface area contributed by atoms with Crippen molar-refractivity contribution in [1.29, 1.82) is 0 Å². The Balaban J connectivity index is 2.50. The van der Waals surface area contributed by atoms with Gasteiger partial charge >= 0.3 is 0 Å². The van der Waals surface area contributed by atoms with Crippen LogP contribution in [0.4, 0.5) is 0 Å². The first-order chi connectivity index (χ1) is 5.43. The second-order valence-corrected chi connectivity index (χ2v) is 2.00. The van der Waals surface area contributed by atoms with Gasteiger partial charge in [-0.15, -0.1) is 0 Å². The molecule has 0 aromatic carbocycles. The van der Waals surface area contributed by atoms with Crippen molar-refractivity contribution in [1.82, 2.24) is 0 Å². The number of hydrogen-bond donors (Lipinski definition) is 0. The third-order valence-electron chi connectivity index (χ3n) is 1.17. The molecule has 1 aliphatic rings. The Labute approximate surface area is 65.8 Å². The lowest BCUT2D eigenvalue weighted by atomic mass is 10.3. The first kappa shape index (κ1) is 7.72. The van der Waals surface area contributed by atoms with Crippen LogP contribution in [0.5, 0.6) is 0 Å². The van der Waals surface area contributed by atoms with Crippen molar-refractivity contribution in [3.05, 3.63) is 24.1 Å². The molecule has 0 unspecified atom stereocenters. The molecule has 0 bridgehead atoms. The van der Waals surface area contributed by atoms with Gasteiger partial charge in [0.2, 0.25) is 0 Å². The lowest BCUT2D eigenvalue weighted by Crippen LogP contribution is -1.88. The third-order valence-corrected chi connectivity index (χ3v) is 1.17. The molecular formula is C8H10N2O. The molecule has 1 aliphatic heterocycles. The van der Waals surface area contributed by atoms with Crippen LogP contribution in [0, 0.1) is 0 Å². The smallest absolute Gasteiger partial charge is 0.175 e. The number of hydrogen-bond acceptors (Lipinski definition) is 3. The topological polar surface area (TPSA) is 34.0 Å². The highest BCUT2D eigenvalue weighted by Crippen LogP contribution is 2.04. The van der Waals surface area contributed by atoms with Crippen LogP contribution >= 0.6 is 0 Å². The van der Waals surface area contributed by atoms with Crippen molar-refractivity contribution in [2.24, 2.45) is 9.98 Å². The average molecular weight is 150 g/mol. The molecule has 0 saturated heterocycles. The molecule has 0 aromatic rings. The van der Waals surface area contributed by atoms with Gasteiger partial charge < -0.3 is 4.74 Å². The Morgan fingerprint density at radius 2 is 2.64 bits per heavy atom. The van der Waals surface area contributed by atoms with Crippen LogP contribution in [0.2, 0.25) is 0 Å². The van der Waals surface area contributed by atoms with Crippen molar-refractivity contribution >= 4 is 12.6 Å². The summed E-state index contributed by atoms with van der Waals surface area (Å²) >= 11 is 0. The summed E-state index contributed by atoms with van der Waals surface area (Å²) in [6.45, 7) is 0. The highest BCUT2D eigenvalue weighted by atomic mass is 16.5. The summed E-state index contributed by atoms with van der Waals surface area (Å²) in [6, 6.07) is 0. The second-order valence-electron chi connectivity index (χ2n) is 2.00. The Kier molecular flexibility index (Phi) is 3.12. The summed E-state index contributed by atoms with van der Waals surface area (Å²) in [5.74, 6) is 0.855. The van der Waals surface area contributed by atoms with Gasteiger partial charge in [0.25, 0.3) is 0 Å². The molecule has 58 valence electrons. The Bertz CT molecular complexity index is 226. The Morgan fingerprint density at radius 1 is 1.73 bits per heavy atom. The van der Waals surface area contributed by atoms with Gasteiger partial charge in [-0.3, -0.25) is 9.98 Å². The van der Waals surface area contributed by atoms with Crippen LogP contribution in [0.3, 0.4) is 0 Å². The highest BCUT2D eigenvalue weighted by molar-refractivity contribution is 5.73. The number of rotatable bonds is 2. The van der Waals surface area contributed by atoms with Gasteiger partial charge in [-0.2, -0.15) is 0 Å². The van der Waals surface area contributed by atoms with Gasteiger partial charge in [0.1, 0.15) is 5.76 Å². The zero-order chi connectivity index (χ0) is 7.94. The normalized spacial score (nSPS) is 16.6. The standard InChI is InChI=1S/C8H10N2O/c1-9-7-11-8-3-2-5-10-6-4-8/h2,4-7H,3H2,1H3/b9-7-. The summed E-state index contributed by atoms with van der Waals surface area (Å²) in [4.78, 5) is 7.63. The van der Waals surface area contributed by atoms with Crippen LogP contribution in [0.25, 0.3) is 0 Å². The third kappa shape index (κ3) is 2.80. The molecule has 11 heavy (non-hydrogen) atoms. The van der Waals surface area contributed by atoms with Crippen molar-refractivity contribution in [2.45, 2.75) is 6.42 Å². The van der Waals surface area contributed by atoms with Gasteiger partial charge in [0.15, 0.2) is 6.40 Å². The van der Waals surface area contributed by atoms with Gasteiger partial charge in [-0.1, -0.05) is 6.08 Å². The van der Waals surface area contributed by atoms with Crippen LogP contribution in [-0.4, -0.2) is 19.7 Å². The highest BCUT2D eigenvalue weighted by Gasteiger charge is 1.93. The van der Waals surface area contributed by atoms with E-state index in [4.69, 9.17) is 4.74 Å². The second kappa shape index (κ2) is 4.44. The van der Waals surface area contributed by atoms with Crippen molar-refractivity contribution in [2.75, 3.05) is 7.05 Å². The average Bonchev–Trinajstić information content (AvgIpc) is 2.28. The van der Waals surface area contributed by atoms with E-state index < -0.39 is 0 Å². The Morgan fingerprint density at radius 3 is 3.45 bits per heavy atom. The quantitative estimate of drug-likeness (QED) is 0.434. The lowest BCUT2D eigenvalue weighted by Gasteiger charge is -1.98. The first-order valence-corrected chi connectivity index (χ1v) is 3.38. The molecule has 3 heteroatoms. The maximum Gasteiger partial charge on any atom is 0.175 e. The van der Waals surface area contributed by atoms with Crippen LogP contribution in [-0.2, 0) is 4.74 Å². The van der Waals surface area contributed by atoms with Crippen molar-refractivity contribution < 1.29 is 4.74 Å². The zero-order valence-electron chi connectivity index (χ0n) is 6.40. The number of allylic oxidation sites excluding steroid dienone is 2. The molecule has 0 atom stereocenters. The minimum Gasteiger partial charge on any atom is -0.450 e. The predicted molar refractivity (Wildman–Crippen MR) is 45.8 cm³/mol. The van der Waals surface area contributed by atoms with Crippen LogP contribution in [0.1, 0.15) is 6.42 Å². The van der Waals surface area contributed by atoms with E-state index >= 15 is 0 Å². The number of aliphatic imine (C=N–C) groups is 2. The number of ether oxygens (including phenoxy) is 1. The summed E-state index contributed by atoms with van der Waals surface area (Å²) in [5.41, 5.74) is 0. The molecule has 0 aromatic heterocycles. The molecule has 0 saturated carbocycles. The van der Waals surface area contributed by atoms with Crippen LogP contribution in [0.15, 0.2) is 34.1 Å². The zero-order valence-corrected chi connectivity index (χ0v) is 6.40. The molecule has 0 spiro atoms. The number of nitrogens with zero attached hydrogens (tertiary/aromatic N) is 2. The molecule has 0 fully saturated rings. The van der Waals surface area contributed by atoms with Crippen molar-refractivity contribution in [3.63, 3.8) is 0 Å². The maximum absolute atomic E-state index is 5.14. The summed E-state index contributed by atoms with van der Waals surface area (Å²) in [7, 11) is 1.67. The first-order valence-electron chi connectivity index (χ1n) is 3.38. The monoisotopic (exact) mass is 150 g/mol. The molecule has 1 heterocycles. The molecule has 0 amide bonds. The minimum atomic E-state index is 0.770. The van der Waals surface area contributed by atoms with Gasteiger partial charge in [-0.25, -0.2) is 0 Å².